The molecule has 1 heterocycles. The van der Waals surface area contributed by atoms with E-state index in [4.69, 9.17) is 9.15 Å². The maximum atomic E-state index is 11.0. The average molecular weight is 187 g/mol. The van der Waals surface area contributed by atoms with Crippen LogP contribution in [0.3, 0.4) is 0 Å². The predicted molar refractivity (Wildman–Crippen MR) is 44.2 cm³/mol. The second-order valence-corrected chi connectivity index (χ2v) is 2.67. The summed E-state index contributed by atoms with van der Waals surface area (Å²) in [7, 11) is 0. The van der Waals surface area contributed by atoms with E-state index in [1.54, 1.807) is 6.92 Å². The molecule has 0 saturated heterocycles. The summed E-state index contributed by atoms with van der Waals surface area (Å²) in [5.41, 5.74) is 0. The highest BCUT2D eigenvalue weighted by atomic mass is 32.2. The highest BCUT2D eigenvalue weighted by Crippen LogP contribution is 2.14. The number of carbonyl (C=O) groups excluding carboxylic acids is 1. The fourth-order valence-corrected chi connectivity index (χ4v) is 0.980. The van der Waals surface area contributed by atoms with E-state index in [9.17, 15) is 4.79 Å². The number of carbonyl (C=O) groups is 1. The van der Waals surface area contributed by atoms with Crippen LogP contribution in [0.25, 0.3) is 0 Å². The van der Waals surface area contributed by atoms with Crippen molar-refractivity contribution in [3.05, 3.63) is 12.0 Å². The molecule has 0 amide bonds. The van der Waals surface area contributed by atoms with Gasteiger partial charge in [-0.05, 0) is 13.2 Å². The maximum Gasteiger partial charge on any atom is 0.375 e. The number of hydrogen-bond acceptors (Lipinski definition) is 5. The van der Waals surface area contributed by atoms with Gasteiger partial charge < -0.3 is 9.15 Å². The standard InChI is InChI=1S/C7H9NO3S/c1-3-10-6(9)5-4-8-7(11-5)12-2/h4H,3H2,1-2H3. The highest BCUT2D eigenvalue weighted by Gasteiger charge is 2.12. The van der Waals surface area contributed by atoms with Crippen LogP contribution in [0.1, 0.15) is 17.5 Å². The number of thioether (sulfide) groups is 1. The number of rotatable bonds is 3. The second kappa shape index (κ2) is 4.15. The Labute approximate surface area is 74.3 Å². The Morgan fingerprint density at radius 2 is 2.58 bits per heavy atom. The molecule has 12 heavy (non-hydrogen) atoms. The van der Waals surface area contributed by atoms with Crippen LogP contribution in [0.15, 0.2) is 15.8 Å². The van der Waals surface area contributed by atoms with Crippen LogP contribution >= 0.6 is 11.8 Å². The molecule has 0 unspecified atom stereocenters. The van der Waals surface area contributed by atoms with Crippen LogP contribution in [0.5, 0.6) is 0 Å². The Kier molecular flexibility index (Phi) is 3.16. The molecule has 5 heteroatoms. The molecule has 66 valence electrons. The molecule has 0 spiro atoms. The van der Waals surface area contributed by atoms with Crippen molar-refractivity contribution in [2.45, 2.75) is 12.1 Å². The van der Waals surface area contributed by atoms with E-state index in [-0.39, 0.29) is 5.76 Å². The van der Waals surface area contributed by atoms with Crippen LogP contribution < -0.4 is 0 Å². The largest absolute Gasteiger partial charge is 0.460 e. The molecule has 0 saturated carbocycles. The van der Waals surface area contributed by atoms with Gasteiger partial charge in [-0.1, -0.05) is 11.8 Å². The van der Waals surface area contributed by atoms with E-state index in [1.165, 1.54) is 18.0 Å². The molecule has 1 rings (SSSR count). The average Bonchev–Trinajstić information content (AvgIpc) is 2.52. The summed E-state index contributed by atoms with van der Waals surface area (Å²) in [6.07, 6.45) is 3.19. The van der Waals surface area contributed by atoms with Crippen LogP contribution in [-0.2, 0) is 4.74 Å². The van der Waals surface area contributed by atoms with E-state index in [2.05, 4.69) is 4.98 Å². The Bertz CT molecular complexity index is 271. The minimum absolute atomic E-state index is 0.154. The first-order chi connectivity index (χ1) is 5.77. The lowest BCUT2D eigenvalue weighted by molar-refractivity contribution is 0.0484. The number of aromatic nitrogens is 1. The van der Waals surface area contributed by atoms with Gasteiger partial charge in [0.15, 0.2) is 0 Å². The SMILES string of the molecule is CCOC(=O)c1cnc(SC)o1. The first-order valence-electron chi connectivity index (χ1n) is 3.45. The van der Waals surface area contributed by atoms with Crippen molar-refractivity contribution in [1.82, 2.24) is 4.98 Å². The Balaban J connectivity index is 2.68. The Morgan fingerprint density at radius 1 is 1.83 bits per heavy atom. The van der Waals surface area contributed by atoms with E-state index >= 15 is 0 Å². The lowest BCUT2D eigenvalue weighted by Crippen LogP contribution is -2.02. The summed E-state index contributed by atoms with van der Waals surface area (Å²) in [6.45, 7) is 2.08. The van der Waals surface area contributed by atoms with Gasteiger partial charge in [-0.25, -0.2) is 9.78 Å². The number of nitrogens with zero attached hydrogens (tertiary/aromatic N) is 1. The van der Waals surface area contributed by atoms with Crippen LogP contribution in [0, 0.1) is 0 Å². The van der Waals surface area contributed by atoms with Crippen LogP contribution in [0.2, 0.25) is 0 Å². The lowest BCUT2D eigenvalue weighted by Gasteiger charge is -1.95. The van der Waals surface area contributed by atoms with Crippen molar-refractivity contribution in [1.29, 1.82) is 0 Å². The molecule has 0 aliphatic carbocycles. The third kappa shape index (κ3) is 2.01. The monoisotopic (exact) mass is 187 g/mol. The third-order valence-electron chi connectivity index (χ3n) is 1.14. The first-order valence-corrected chi connectivity index (χ1v) is 4.67. The van der Waals surface area contributed by atoms with Gasteiger partial charge in [0.25, 0.3) is 5.22 Å². The highest BCUT2D eigenvalue weighted by molar-refractivity contribution is 7.98. The molecular weight excluding hydrogens is 178 g/mol. The van der Waals surface area contributed by atoms with Crippen molar-refractivity contribution >= 4 is 17.7 Å². The topological polar surface area (TPSA) is 52.3 Å². The van der Waals surface area contributed by atoms with Crippen molar-refractivity contribution < 1.29 is 13.9 Å². The molecule has 0 bridgehead atoms. The fraction of sp³-hybridized carbons (Fsp3) is 0.429. The van der Waals surface area contributed by atoms with Gasteiger partial charge in [0.1, 0.15) is 0 Å². The summed E-state index contributed by atoms with van der Waals surface area (Å²) < 4.78 is 9.73. The number of esters is 1. The van der Waals surface area contributed by atoms with Gasteiger partial charge >= 0.3 is 5.97 Å². The number of hydrogen-bond donors (Lipinski definition) is 0. The molecule has 1 aromatic rings. The molecule has 0 aliphatic rings. The van der Waals surface area contributed by atoms with Crippen LogP contribution in [-0.4, -0.2) is 23.8 Å². The molecule has 0 aliphatic heterocycles. The minimum atomic E-state index is -0.467. The van der Waals surface area contributed by atoms with Crippen molar-refractivity contribution in [2.75, 3.05) is 12.9 Å². The van der Waals surface area contributed by atoms with E-state index < -0.39 is 5.97 Å². The van der Waals surface area contributed by atoms with Gasteiger partial charge in [0.05, 0.1) is 12.8 Å². The fourth-order valence-electron chi connectivity index (χ4n) is 0.649. The molecule has 0 atom stereocenters. The first kappa shape index (κ1) is 9.12. The number of ether oxygens (including phenoxy) is 1. The summed E-state index contributed by atoms with van der Waals surface area (Å²) in [5, 5.41) is 0.470. The van der Waals surface area contributed by atoms with Gasteiger partial charge in [-0.15, -0.1) is 0 Å². The third-order valence-corrected chi connectivity index (χ3v) is 1.67. The van der Waals surface area contributed by atoms with Crippen molar-refractivity contribution in [2.24, 2.45) is 0 Å². The van der Waals surface area contributed by atoms with Gasteiger partial charge in [0.2, 0.25) is 5.76 Å². The summed E-state index contributed by atoms with van der Waals surface area (Å²) in [4.78, 5) is 14.8. The van der Waals surface area contributed by atoms with Gasteiger partial charge in [0, 0.05) is 0 Å². The summed E-state index contributed by atoms with van der Waals surface area (Å²) in [6, 6.07) is 0. The molecular formula is C7H9NO3S. The van der Waals surface area contributed by atoms with Crippen molar-refractivity contribution in [3.63, 3.8) is 0 Å². The Hall–Kier alpha value is -0.970. The van der Waals surface area contributed by atoms with E-state index in [0.29, 0.717) is 11.8 Å². The van der Waals surface area contributed by atoms with E-state index in [1.807, 2.05) is 6.26 Å². The Morgan fingerprint density at radius 3 is 3.08 bits per heavy atom. The quantitative estimate of drug-likeness (QED) is 0.531. The molecule has 0 radical (unpaired) electrons. The molecule has 0 aromatic carbocycles. The summed E-state index contributed by atoms with van der Waals surface area (Å²) in [5.74, 6) is -0.313. The smallest absolute Gasteiger partial charge is 0.375 e. The maximum absolute atomic E-state index is 11.0. The predicted octanol–water partition coefficient (Wildman–Crippen LogP) is 1.57. The lowest BCUT2D eigenvalue weighted by atomic mass is 10.5. The minimum Gasteiger partial charge on any atom is -0.460 e. The molecule has 1 aromatic heterocycles. The zero-order valence-corrected chi connectivity index (χ0v) is 7.68. The van der Waals surface area contributed by atoms with Crippen molar-refractivity contribution in [3.8, 4) is 0 Å². The van der Waals surface area contributed by atoms with Gasteiger partial charge in [-0.3, -0.25) is 0 Å². The molecule has 0 N–H and O–H groups in total. The van der Waals surface area contributed by atoms with E-state index in [0.717, 1.165) is 0 Å². The summed E-state index contributed by atoms with van der Waals surface area (Å²) >= 11 is 1.34. The zero-order chi connectivity index (χ0) is 8.97. The molecule has 4 nitrogen and oxygen atoms in total. The van der Waals surface area contributed by atoms with Crippen LogP contribution in [0.4, 0.5) is 0 Å². The molecule has 0 fully saturated rings. The second-order valence-electron chi connectivity index (χ2n) is 1.92. The number of oxazole rings is 1. The zero-order valence-electron chi connectivity index (χ0n) is 6.86. The normalized spacial score (nSPS) is 9.83. The van der Waals surface area contributed by atoms with Gasteiger partial charge in [-0.2, -0.15) is 0 Å².